The Hall–Kier alpha value is -1.99. The molecule has 2 saturated heterocycles. The average Bonchev–Trinajstić information content (AvgIpc) is 3.29. The van der Waals surface area contributed by atoms with Gasteiger partial charge < -0.3 is 24.6 Å². The van der Waals surface area contributed by atoms with Gasteiger partial charge in [0.2, 0.25) is 12.7 Å². The standard InChI is InChI=1S/C18H23N3O4.ClH/c1-12-10-20(8-6-19-12)18(23)14-3-2-7-21(14)17(22)13-4-5-15-16(9-13)25-11-24-15;/h4-5,9,12,14,19H,2-3,6-8,10-11H2,1H3;1H. The van der Waals surface area contributed by atoms with Gasteiger partial charge in [0.25, 0.3) is 5.91 Å². The molecular formula is C18H24ClN3O4. The number of amides is 2. The molecule has 1 aromatic carbocycles. The second kappa shape index (κ2) is 7.72. The first-order valence-corrected chi connectivity index (χ1v) is 8.86. The maximum absolute atomic E-state index is 13.0. The molecule has 3 aliphatic rings. The lowest BCUT2D eigenvalue weighted by atomic mass is 10.1. The number of nitrogens with one attached hydrogen (secondary N) is 1. The fraction of sp³-hybridized carbons (Fsp3) is 0.556. The SMILES string of the molecule is CC1CN(C(=O)C2CCCN2C(=O)c2ccc3c(c2)OCO3)CCN1.Cl. The smallest absolute Gasteiger partial charge is 0.254 e. The zero-order valence-corrected chi connectivity index (χ0v) is 15.6. The number of benzene rings is 1. The van der Waals surface area contributed by atoms with Crippen molar-refractivity contribution in [2.24, 2.45) is 0 Å². The Bertz CT molecular complexity index is 699. The number of ether oxygens (including phenoxy) is 2. The molecule has 2 amide bonds. The molecule has 0 saturated carbocycles. The van der Waals surface area contributed by atoms with Crippen molar-refractivity contribution in [2.75, 3.05) is 33.0 Å². The van der Waals surface area contributed by atoms with Gasteiger partial charge in [-0.3, -0.25) is 9.59 Å². The Morgan fingerprint density at radius 1 is 1.19 bits per heavy atom. The van der Waals surface area contributed by atoms with Crippen LogP contribution in [-0.2, 0) is 4.79 Å². The number of hydrogen-bond donors (Lipinski definition) is 1. The summed E-state index contributed by atoms with van der Waals surface area (Å²) in [5.41, 5.74) is 0.539. The van der Waals surface area contributed by atoms with E-state index in [1.54, 1.807) is 23.1 Å². The van der Waals surface area contributed by atoms with E-state index in [1.165, 1.54) is 0 Å². The Morgan fingerprint density at radius 2 is 2.00 bits per heavy atom. The molecule has 8 heteroatoms. The van der Waals surface area contributed by atoms with Crippen LogP contribution < -0.4 is 14.8 Å². The molecule has 142 valence electrons. The highest BCUT2D eigenvalue weighted by atomic mass is 35.5. The van der Waals surface area contributed by atoms with E-state index in [9.17, 15) is 9.59 Å². The van der Waals surface area contributed by atoms with Gasteiger partial charge in [-0.25, -0.2) is 0 Å². The first kappa shape index (κ1) is 18.8. The van der Waals surface area contributed by atoms with Crippen LogP contribution in [-0.4, -0.2) is 66.7 Å². The summed E-state index contributed by atoms with van der Waals surface area (Å²) >= 11 is 0. The number of halogens is 1. The van der Waals surface area contributed by atoms with E-state index >= 15 is 0 Å². The fourth-order valence-electron chi connectivity index (χ4n) is 3.81. The molecular weight excluding hydrogens is 358 g/mol. The van der Waals surface area contributed by atoms with E-state index in [-0.39, 0.29) is 43.1 Å². The predicted molar refractivity (Wildman–Crippen MR) is 97.9 cm³/mol. The highest BCUT2D eigenvalue weighted by Gasteiger charge is 2.38. The number of likely N-dealkylation sites (tertiary alicyclic amines) is 1. The molecule has 0 radical (unpaired) electrons. The molecule has 26 heavy (non-hydrogen) atoms. The summed E-state index contributed by atoms with van der Waals surface area (Å²) in [7, 11) is 0. The Morgan fingerprint density at radius 3 is 2.81 bits per heavy atom. The van der Waals surface area contributed by atoms with Crippen LogP contribution in [0.1, 0.15) is 30.1 Å². The minimum absolute atomic E-state index is 0. The third-order valence-corrected chi connectivity index (χ3v) is 5.10. The van der Waals surface area contributed by atoms with Crippen LogP contribution in [0.3, 0.4) is 0 Å². The van der Waals surface area contributed by atoms with Gasteiger partial charge in [0, 0.05) is 37.8 Å². The molecule has 0 aromatic heterocycles. The first-order chi connectivity index (χ1) is 12.1. The number of hydrogen-bond acceptors (Lipinski definition) is 5. The molecule has 1 aromatic rings. The van der Waals surface area contributed by atoms with E-state index in [1.807, 2.05) is 4.90 Å². The van der Waals surface area contributed by atoms with Crippen molar-refractivity contribution in [3.63, 3.8) is 0 Å². The van der Waals surface area contributed by atoms with E-state index in [2.05, 4.69) is 12.2 Å². The maximum Gasteiger partial charge on any atom is 0.254 e. The molecule has 2 fully saturated rings. The molecule has 2 unspecified atom stereocenters. The Kier molecular flexibility index (Phi) is 5.58. The molecule has 0 aliphatic carbocycles. The van der Waals surface area contributed by atoms with Crippen LogP contribution >= 0.6 is 12.4 Å². The van der Waals surface area contributed by atoms with E-state index in [4.69, 9.17) is 9.47 Å². The summed E-state index contributed by atoms with van der Waals surface area (Å²) in [4.78, 5) is 29.5. The van der Waals surface area contributed by atoms with E-state index < -0.39 is 0 Å². The highest BCUT2D eigenvalue weighted by Crippen LogP contribution is 2.33. The van der Waals surface area contributed by atoms with Gasteiger partial charge in [-0.1, -0.05) is 0 Å². The second-order valence-electron chi connectivity index (χ2n) is 6.86. The zero-order valence-electron chi connectivity index (χ0n) is 14.8. The van der Waals surface area contributed by atoms with Gasteiger partial charge in [-0.05, 0) is 38.0 Å². The molecule has 3 heterocycles. The number of carbonyl (C=O) groups excluding carboxylic acids is 2. The summed E-state index contributed by atoms with van der Waals surface area (Å²) in [5.74, 6) is 1.20. The maximum atomic E-state index is 13.0. The van der Waals surface area contributed by atoms with Gasteiger partial charge in [-0.2, -0.15) is 0 Å². The van der Waals surface area contributed by atoms with Gasteiger partial charge in [0.05, 0.1) is 0 Å². The number of rotatable bonds is 2. The second-order valence-corrected chi connectivity index (χ2v) is 6.86. The number of nitrogens with zero attached hydrogens (tertiary/aromatic N) is 2. The summed E-state index contributed by atoms with van der Waals surface area (Å²) in [6, 6.07) is 5.13. The van der Waals surface area contributed by atoms with Crippen LogP contribution in [0.4, 0.5) is 0 Å². The fourth-order valence-corrected chi connectivity index (χ4v) is 3.81. The molecule has 4 rings (SSSR count). The van der Waals surface area contributed by atoms with Gasteiger partial charge in [-0.15, -0.1) is 12.4 Å². The quantitative estimate of drug-likeness (QED) is 0.835. The average molecular weight is 382 g/mol. The monoisotopic (exact) mass is 381 g/mol. The van der Waals surface area contributed by atoms with Crippen molar-refractivity contribution >= 4 is 24.2 Å². The summed E-state index contributed by atoms with van der Waals surface area (Å²) in [6.45, 7) is 5.07. The normalized spacial score (nSPS) is 24.3. The molecule has 3 aliphatic heterocycles. The van der Waals surface area contributed by atoms with Gasteiger partial charge in [0.15, 0.2) is 11.5 Å². The molecule has 1 N–H and O–H groups in total. The lowest BCUT2D eigenvalue weighted by Gasteiger charge is -2.35. The van der Waals surface area contributed by atoms with E-state index in [0.717, 1.165) is 19.4 Å². The van der Waals surface area contributed by atoms with Gasteiger partial charge in [0.1, 0.15) is 6.04 Å². The Labute approximate surface area is 159 Å². The van der Waals surface area contributed by atoms with Crippen LogP contribution in [0.2, 0.25) is 0 Å². The van der Waals surface area contributed by atoms with Crippen LogP contribution in [0.5, 0.6) is 11.5 Å². The van der Waals surface area contributed by atoms with Crippen molar-refractivity contribution in [3.05, 3.63) is 23.8 Å². The number of carbonyl (C=O) groups is 2. The van der Waals surface area contributed by atoms with Crippen LogP contribution in [0, 0.1) is 0 Å². The zero-order chi connectivity index (χ0) is 17.4. The van der Waals surface area contributed by atoms with E-state index in [0.29, 0.717) is 36.7 Å². The van der Waals surface area contributed by atoms with Crippen molar-refractivity contribution < 1.29 is 19.1 Å². The topological polar surface area (TPSA) is 71.1 Å². The summed E-state index contributed by atoms with van der Waals surface area (Å²) in [6.07, 6.45) is 1.59. The van der Waals surface area contributed by atoms with Crippen molar-refractivity contribution in [1.82, 2.24) is 15.1 Å². The predicted octanol–water partition coefficient (Wildman–Crippen LogP) is 1.26. The van der Waals surface area contributed by atoms with Crippen LogP contribution in [0.25, 0.3) is 0 Å². The third kappa shape index (κ3) is 3.46. The minimum Gasteiger partial charge on any atom is -0.454 e. The molecule has 2 atom stereocenters. The van der Waals surface area contributed by atoms with Crippen LogP contribution in [0.15, 0.2) is 18.2 Å². The Balaban J connectivity index is 0.00000196. The first-order valence-electron chi connectivity index (χ1n) is 8.86. The molecule has 0 bridgehead atoms. The third-order valence-electron chi connectivity index (χ3n) is 5.10. The highest BCUT2D eigenvalue weighted by molar-refractivity contribution is 5.98. The lowest BCUT2D eigenvalue weighted by Crippen LogP contribution is -2.56. The summed E-state index contributed by atoms with van der Waals surface area (Å²) < 4.78 is 10.7. The van der Waals surface area contributed by atoms with Crippen molar-refractivity contribution in [3.8, 4) is 11.5 Å². The van der Waals surface area contributed by atoms with Gasteiger partial charge >= 0.3 is 0 Å². The number of piperazine rings is 1. The molecule has 7 nitrogen and oxygen atoms in total. The molecule has 0 spiro atoms. The minimum atomic E-state index is -0.358. The van der Waals surface area contributed by atoms with Crippen molar-refractivity contribution in [1.29, 1.82) is 0 Å². The lowest BCUT2D eigenvalue weighted by molar-refractivity contribution is -0.136. The number of fused-ring (bicyclic) bond motifs is 1. The van der Waals surface area contributed by atoms with Crippen molar-refractivity contribution in [2.45, 2.75) is 31.8 Å². The summed E-state index contributed by atoms with van der Waals surface area (Å²) in [5, 5.41) is 3.34. The largest absolute Gasteiger partial charge is 0.454 e.